The molecule has 0 aliphatic heterocycles. The van der Waals surface area contributed by atoms with E-state index in [1.165, 1.54) is 5.56 Å². The first kappa shape index (κ1) is 9.22. The number of hydrogen-bond acceptors (Lipinski definition) is 1. The molecule has 1 aliphatic carbocycles. The number of allylic oxidation sites excluding steroid dienone is 3. The Bertz CT molecular complexity index is 351. The Labute approximate surface area is 84.4 Å². The second-order valence-electron chi connectivity index (χ2n) is 3.67. The lowest BCUT2D eigenvalue weighted by molar-refractivity contribution is 0.225. The van der Waals surface area contributed by atoms with Crippen molar-refractivity contribution < 1.29 is 5.11 Å². The standard InChI is InChI=1S/C13H14O/c14-11-13(9-5-2-6-10-13)12-7-3-1-4-8-12/h1-9,14H,10-11H2. The highest BCUT2D eigenvalue weighted by molar-refractivity contribution is 5.35. The third-order valence-electron chi connectivity index (χ3n) is 2.78. The lowest BCUT2D eigenvalue weighted by Gasteiger charge is -2.29. The lowest BCUT2D eigenvalue weighted by Crippen LogP contribution is -2.28. The molecule has 0 bridgehead atoms. The molecule has 0 spiro atoms. The third kappa shape index (κ3) is 1.51. The van der Waals surface area contributed by atoms with Crippen LogP contribution in [0.2, 0.25) is 0 Å². The molecule has 0 amide bonds. The Hall–Kier alpha value is -1.34. The topological polar surface area (TPSA) is 20.2 Å². The summed E-state index contributed by atoms with van der Waals surface area (Å²) in [5.74, 6) is 0. The van der Waals surface area contributed by atoms with Crippen LogP contribution in [-0.2, 0) is 5.41 Å². The van der Waals surface area contributed by atoms with Gasteiger partial charge in [0.25, 0.3) is 0 Å². The van der Waals surface area contributed by atoms with Gasteiger partial charge in [0, 0.05) is 5.41 Å². The molecule has 1 N–H and O–H groups in total. The van der Waals surface area contributed by atoms with Crippen LogP contribution in [0.4, 0.5) is 0 Å². The summed E-state index contributed by atoms with van der Waals surface area (Å²) in [5.41, 5.74) is 0.985. The van der Waals surface area contributed by atoms with Gasteiger partial charge in [0.2, 0.25) is 0 Å². The summed E-state index contributed by atoms with van der Waals surface area (Å²) in [6.45, 7) is 0.165. The largest absolute Gasteiger partial charge is 0.395 e. The molecular weight excluding hydrogens is 172 g/mol. The van der Waals surface area contributed by atoms with Crippen molar-refractivity contribution in [1.29, 1.82) is 0 Å². The minimum Gasteiger partial charge on any atom is -0.395 e. The summed E-state index contributed by atoms with van der Waals surface area (Å²) in [4.78, 5) is 0. The minimum absolute atomic E-state index is 0.165. The normalized spacial score (nSPS) is 25.2. The Kier molecular flexibility index (Phi) is 2.51. The molecular formula is C13H14O. The highest BCUT2D eigenvalue weighted by Gasteiger charge is 2.27. The van der Waals surface area contributed by atoms with Crippen molar-refractivity contribution in [3.63, 3.8) is 0 Å². The average Bonchev–Trinajstić information content (AvgIpc) is 2.31. The molecule has 0 aromatic heterocycles. The van der Waals surface area contributed by atoms with E-state index in [2.05, 4.69) is 24.3 Å². The summed E-state index contributed by atoms with van der Waals surface area (Å²) in [6, 6.07) is 10.2. The van der Waals surface area contributed by atoms with Crippen molar-refractivity contribution in [2.24, 2.45) is 0 Å². The van der Waals surface area contributed by atoms with Crippen LogP contribution < -0.4 is 0 Å². The van der Waals surface area contributed by atoms with Crippen LogP contribution in [0.5, 0.6) is 0 Å². The molecule has 0 saturated carbocycles. The van der Waals surface area contributed by atoms with Crippen molar-refractivity contribution in [1.82, 2.24) is 0 Å². The van der Waals surface area contributed by atoms with Gasteiger partial charge in [-0.2, -0.15) is 0 Å². The summed E-state index contributed by atoms with van der Waals surface area (Å²) < 4.78 is 0. The third-order valence-corrected chi connectivity index (χ3v) is 2.78. The molecule has 1 aromatic carbocycles. The van der Waals surface area contributed by atoms with Gasteiger partial charge in [-0.05, 0) is 12.0 Å². The fourth-order valence-electron chi connectivity index (χ4n) is 1.86. The molecule has 0 radical (unpaired) electrons. The molecule has 1 atom stereocenters. The van der Waals surface area contributed by atoms with Crippen molar-refractivity contribution in [3.8, 4) is 0 Å². The van der Waals surface area contributed by atoms with Gasteiger partial charge in [-0.15, -0.1) is 0 Å². The molecule has 0 fully saturated rings. The van der Waals surface area contributed by atoms with Crippen LogP contribution in [0.15, 0.2) is 54.6 Å². The van der Waals surface area contributed by atoms with E-state index in [0.717, 1.165) is 6.42 Å². The molecule has 2 rings (SSSR count). The fraction of sp³-hybridized carbons (Fsp3) is 0.231. The van der Waals surface area contributed by atoms with Crippen molar-refractivity contribution in [2.75, 3.05) is 6.61 Å². The van der Waals surface area contributed by atoms with Crippen molar-refractivity contribution >= 4 is 0 Å². The Balaban J connectivity index is 2.39. The van der Waals surface area contributed by atoms with E-state index in [0.29, 0.717) is 0 Å². The van der Waals surface area contributed by atoms with E-state index in [-0.39, 0.29) is 12.0 Å². The Morgan fingerprint density at radius 1 is 1.14 bits per heavy atom. The summed E-state index contributed by atoms with van der Waals surface area (Å²) in [7, 11) is 0. The molecule has 1 aromatic rings. The molecule has 0 heterocycles. The maximum atomic E-state index is 9.51. The van der Waals surface area contributed by atoms with Gasteiger partial charge in [0.1, 0.15) is 0 Å². The monoisotopic (exact) mass is 186 g/mol. The molecule has 0 saturated heterocycles. The number of benzene rings is 1. The van der Waals surface area contributed by atoms with Gasteiger partial charge < -0.3 is 5.11 Å². The molecule has 72 valence electrons. The van der Waals surface area contributed by atoms with Crippen LogP contribution in [0.3, 0.4) is 0 Å². The smallest absolute Gasteiger partial charge is 0.0565 e. The molecule has 1 heteroatoms. The highest BCUT2D eigenvalue weighted by Crippen LogP contribution is 2.31. The molecule has 1 nitrogen and oxygen atoms in total. The first-order chi connectivity index (χ1) is 6.87. The minimum atomic E-state index is -0.198. The van der Waals surface area contributed by atoms with Crippen LogP contribution >= 0.6 is 0 Å². The maximum Gasteiger partial charge on any atom is 0.0565 e. The van der Waals surface area contributed by atoms with Gasteiger partial charge in [-0.1, -0.05) is 54.6 Å². The second-order valence-corrected chi connectivity index (χ2v) is 3.67. The van der Waals surface area contributed by atoms with Gasteiger partial charge in [-0.3, -0.25) is 0 Å². The Morgan fingerprint density at radius 3 is 2.50 bits per heavy atom. The highest BCUT2D eigenvalue weighted by atomic mass is 16.3. The summed E-state index contributed by atoms with van der Waals surface area (Å²) in [6.07, 6.45) is 9.10. The van der Waals surface area contributed by atoms with E-state index in [1.807, 2.05) is 30.4 Å². The van der Waals surface area contributed by atoms with Crippen molar-refractivity contribution in [3.05, 3.63) is 60.2 Å². The van der Waals surface area contributed by atoms with E-state index in [1.54, 1.807) is 0 Å². The fourth-order valence-corrected chi connectivity index (χ4v) is 1.86. The van der Waals surface area contributed by atoms with Gasteiger partial charge in [0.05, 0.1) is 6.61 Å². The first-order valence-corrected chi connectivity index (χ1v) is 4.88. The SMILES string of the molecule is OCC1(c2ccccc2)C=CC=CC1. The van der Waals surface area contributed by atoms with Crippen molar-refractivity contribution in [2.45, 2.75) is 11.8 Å². The predicted molar refractivity (Wildman–Crippen MR) is 58.1 cm³/mol. The molecule has 1 aliphatic rings. The zero-order valence-electron chi connectivity index (χ0n) is 8.06. The average molecular weight is 186 g/mol. The van der Waals surface area contributed by atoms with Crippen LogP contribution in [0.1, 0.15) is 12.0 Å². The van der Waals surface area contributed by atoms with Crippen LogP contribution in [0.25, 0.3) is 0 Å². The van der Waals surface area contributed by atoms with Gasteiger partial charge in [-0.25, -0.2) is 0 Å². The summed E-state index contributed by atoms with van der Waals surface area (Å²) >= 11 is 0. The van der Waals surface area contributed by atoms with E-state index in [4.69, 9.17) is 0 Å². The second kappa shape index (κ2) is 3.81. The zero-order chi connectivity index (χ0) is 9.86. The Morgan fingerprint density at radius 2 is 1.93 bits per heavy atom. The molecule has 14 heavy (non-hydrogen) atoms. The first-order valence-electron chi connectivity index (χ1n) is 4.88. The number of aliphatic hydroxyl groups is 1. The predicted octanol–water partition coefficient (Wildman–Crippen LogP) is 2.43. The van der Waals surface area contributed by atoms with Crippen LogP contribution in [0, 0.1) is 0 Å². The van der Waals surface area contributed by atoms with E-state index >= 15 is 0 Å². The van der Waals surface area contributed by atoms with Crippen LogP contribution in [-0.4, -0.2) is 11.7 Å². The maximum absolute atomic E-state index is 9.51. The van der Waals surface area contributed by atoms with Gasteiger partial charge in [0.15, 0.2) is 0 Å². The quantitative estimate of drug-likeness (QED) is 0.752. The number of rotatable bonds is 2. The number of aliphatic hydroxyl groups excluding tert-OH is 1. The number of hydrogen-bond donors (Lipinski definition) is 1. The lowest BCUT2D eigenvalue weighted by atomic mass is 9.76. The summed E-state index contributed by atoms with van der Waals surface area (Å²) in [5, 5.41) is 9.51. The van der Waals surface area contributed by atoms with E-state index < -0.39 is 0 Å². The molecule has 1 unspecified atom stereocenters. The zero-order valence-corrected chi connectivity index (χ0v) is 8.06. The van der Waals surface area contributed by atoms with Gasteiger partial charge >= 0.3 is 0 Å². The van der Waals surface area contributed by atoms with E-state index in [9.17, 15) is 5.11 Å².